The van der Waals surface area contributed by atoms with Crippen molar-refractivity contribution in [2.75, 3.05) is 7.11 Å². The largest absolute Gasteiger partial charge is 0.494 e. The van der Waals surface area contributed by atoms with Crippen LogP contribution >= 0.6 is 0 Å². The van der Waals surface area contributed by atoms with E-state index < -0.39 is 0 Å². The van der Waals surface area contributed by atoms with Crippen molar-refractivity contribution in [1.82, 2.24) is 4.98 Å². The molecule has 0 spiro atoms. The molecule has 1 saturated carbocycles. The first kappa shape index (κ1) is 13.1. The Morgan fingerprint density at radius 1 is 1.33 bits per heavy atom. The standard InChI is InChI=1S/C15H21NO2/c1-18-14-9-6-10-16-15(14)13(17)11-12-7-4-2-3-5-8-12/h6,9-10,12H,2-5,7-8,11H2,1H3. The third-order valence-electron chi connectivity index (χ3n) is 3.70. The molecule has 0 aromatic carbocycles. The van der Waals surface area contributed by atoms with E-state index in [1.807, 2.05) is 0 Å². The van der Waals surface area contributed by atoms with Gasteiger partial charge in [0.15, 0.2) is 5.78 Å². The van der Waals surface area contributed by atoms with Gasteiger partial charge in [0.05, 0.1) is 7.11 Å². The Labute approximate surface area is 109 Å². The van der Waals surface area contributed by atoms with E-state index in [2.05, 4.69) is 4.98 Å². The van der Waals surface area contributed by atoms with Gasteiger partial charge in [-0.25, -0.2) is 4.98 Å². The van der Waals surface area contributed by atoms with Gasteiger partial charge < -0.3 is 4.74 Å². The highest BCUT2D eigenvalue weighted by Gasteiger charge is 2.20. The highest BCUT2D eigenvalue weighted by molar-refractivity contribution is 5.96. The lowest BCUT2D eigenvalue weighted by molar-refractivity contribution is 0.0949. The van der Waals surface area contributed by atoms with Gasteiger partial charge in [0.1, 0.15) is 11.4 Å². The molecule has 2 rings (SSSR count). The fraction of sp³-hybridized carbons (Fsp3) is 0.600. The summed E-state index contributed by atoms with van der Waals surface area (Å²) in [4.78, 5) is 16.4. The lowest BCUT2D eigenvalue weighted by Gasteiger charge is -2.13. The van der Waals surface area contributed by atoms with E-state index >= 15 is 0 Å². The molecule has 0 aliphatic heterocycles. The first-order valence-electron chi connectivity index (χ1n) is 6.83. The summed E-state index contributed by atoms with van der Waals surface area (Å²) in [5.41, 5.74) is 0.490. The smallest absolute Gasteiger partial charge is 0.185 e. The Kier molecular flexibility index (Phi) is 4.73. The molecule has 98 valence electrons. The molecule has 1 aliphatic rings. The van der Waals surface area contributed by atoms with Gasteiger partial charge in [-0.05, 0) is 18.1 Å². The van der Waals surface area contributed by atoms with Crippen LogP contribution in [0.25, 0.3) is 0 Å². The minimum absolute atomic E-state index is 0.124. The number of aromatic nitrogens is 1. The van der Waals surface area contributed by atoms with Crippen molar-refractivity contribution < 1.29 is 9.53 Å². The van der Waals surface area contributed by atoms with Gasteiger partial charge in [-0.2, -0.15) is 0 Å². The highest BCUT2D eigenvalue weighted by Crippen LogP contribution is 2.27. The molecule has 1 aromatic rings. The minimum atomic E-state index is 0.124. The second-order valence-corrected chi connectivity index (χ2v) is 5.04. The van der Waals surface area contributed by atoms with Crippen LogP contribution in [0.3, 0.4) is 0 Å². The fourth-order valence-electron chi connectivity index (χ4n) is 2.69. The quantitative estimate of drug-likeness (QED) is 0.602. The van der Waals surface area contributed by atoms with Crippen molar-refractivity contribution in [2.45, 2.75) is 44.9 Å². The third-order valence-corrected chi connectivity index (χ3v) is 3.70. The van der Waals surface area contributed by atoms with E-state index in [4.69, 9.17) is 4.74 Å². The van der Waals surface area contributed by atoms with Gasteiger partial charge in [-0.1, -0.05) is 38.5 Å². The average molecular weight is 247 g/mol. The van der Waals surface area contributed by atoms with E-state index in [1.165, 1.54) is 38.5 Å². The van der Waals surface area contributed by atoms with Gasteiger partial charge in [0.25, 0.3) is 0 Å². The normalized spacial score (nSPS) is 17.2. The zero-order chi connectivity index (χ0) is 12.8. The molecule has 18 heavy (non-hydrogen) atoms. The van der Waals surface area contributed by atoms with E-state index in [0.29, 0.717) is 23.8 Å². The molecule has 0 radical (unpaired) electrons. The monoisotopic (exact) mass is 247 g/mol. The summed E-state index contributed by atoms with van der Waals surface area (Å²) in [6.07, 6.45) is 9.79. The van der Waals surface area contributed by atoms with Gasteiger partial charge in [-0.15, -0.1) is 0 Å². The van der Waals surface area contributed by atoms with Gasteiger partial charge in [-0.3, -0.25) is 4.79 Å². The second-order valence-electron chi connectivity index (χ2n) is 5.04. The van der Waals surface area contributed by atoms with Gasteiger partial charge in [0, 0.05) is 12.6 Å². The van der Waals surface area contributed by atoms with Crippen LogP contribution in [0.2, 0.25) is 0 Å². The zero-order valence-corrected chi connectivity index (χ0v) is 11.0. The molecule has 0 bridgehead atoms. The van der Waals surface area contributed by atoms with Crippen molar-refractivity contribution in [3.05, 3.63) is 24.0 Å². The molecule has 0 unspecified atom stereocenters. The predicted octanol–water partition coefficient (Wildman–Crippen LogP) is 3.63. The number of carbonyl (C=O) groups is 1. The summed E-state index contributed by atoms with van der Waals surface area (Å²) in [5.74, 6) is 1.25. The number of methoxy groups -OCH3 is 1. The number of carbonyl (C=O) groups excluding carboxylic acids is 1. The number of ether oxygens (including phenoxy) is 1. The van der Waals surface area contributed by atoms with E-state index in [9.17, 15) is 4.79 Å². The number of Topliss-reactive ketones (excluding diaryl/α,β-unsaturated/α-hetero) is 1. The Hall–Kier alpha value is -1.38. The molecule has 0 N–H and O–H groups in total. The van der Waals surface area contributed by atoms with Crippen molar-refractivity contribution >= 4 is 5.78 Å². The van der Waals surface area contributed by atoms with Crippen molar-refractivity contribution in [3.63, 3.8) is 0 Å². The van der Waals surface area contributed by atoms with E-state index in [1.54, 1.807) is 25.4 Å². The Bertz CT molecular complexity index is 395. The van der Waals surface area contributed by atoms with Crippen LogP contribution in [0.4, 0.5) is 0 Å². The zero-order valence-electron chi connectivity index (χ0n) is 11.0. The number of nitrogens with zero attached hydrogens (tertiary/aromatic N) is 1. The molecule has 0 amide bonds. The van der Waals surface area contributed by atoms with E-state index in [0.717, 1.165) is 0 Å². The molecule has 1 aliphatic carbocycles. The number of rotatable bonds is 4. The number of hydrogen-bond donors (Lipinski definition) is 0. The molecule has 1 aromatic heterocycles. The summed E-state index contributed by atoms with van der Waals surface area (Å²) < 4.78 is 5.20. The SMILES string of the molecule is COc1cccnc1C(=O)CC1CCCCCC1. The molecule has 3 heteroatoms. The molecule has 3 nitrogen and oxygen atoms in total. The molecular formula is C15H21NO2. The predicted molar refractivity (Wildman–Crippen MR) is 70.9 cm³/mol. The molecular weight excluding hydrogens is 226 g/mol. The molecule has 0 atom stereocenters. The number of ketones is 1. The van der Waals surface area contributed by atoms with Gasteiger partial charge in [0.2, 0.25) is 0 Å². The van der Waals surface area contributed by atoms with Crippen molar-refractivity contribution in [2.24, 2.45) is 5.92 Å². The Balaban J connectivity index is 2.02. The van der Waals surface area contributed by atoms with Gasteiger partial charge >= 0.3 is 0 Å². The maximum absolute atomic E-state index is 12.3. The lowest BCUT2D eigenvalue weighted by atomic mass is 9.93. The highest BCUT2D eigenvalue weighted by atomic mass is 16.5. The fourth-order valence-corrected chi connectivity index (χ4v) is 2.69. The van der Waals surface area contributed by atoms with Crippen LogP contribution < -0.4 is 4.74 Å². The van der Waals surface area contributed by atoms with Crippen LogP contribution in [0.15, 0.2) is 18.3 Å². The molecule has 0 saturated heterocycles. The molecule has 1 fully saturated rings. The Morgan fingerprint density at radius 3 is 2.72 bits per heavy atom. The summed E-state index contributed by atoms with van der Waals surface area (Å²) in [6, 6.07) is 3.59. The third kappa shape index (κ3) is 3.31. The summed E-state index contributed by atoms with van der Waals surface area (Å²) in [5, 5.41) is 0. The Morgan fingerprint density at radius 2 is 2.06 bits per heavy atom. The average Bonchev–Trinajstić information content (AvgIpc) is 2.67. The summed E-state index contributed by atoms with van der Waals surface area (Å²) in [7, 11) is 1.58. The maximum Gasteiger partial charge on any atom is 0.185 e. The summed E-state index contributed by atoms with van der Waals surface area (Å²) in [6.45, 7) is 0. The first-order valence-corrected chi connectivity index (χ1v) is 6.83. The number of hydrogen-bond acceptors (Lipinski definition) is 3. The number of pyridine rings is 1. The van der Waals surface area contributed by atoms with Crippen molar-refractivity contribution in [3.8, 4) is 5.75 Å². The van der Waals surface area contributed by atoms with Crippen LogP contribution in [-0.4, -0.2) is 17.9 Å². The topological polar surface area (TPSA) is 39.2 Å². The van der Waals surface area contributed by atoms with Crippen LogP contribution in [0.5, 0.6) is 5.75 Å². The molecule has 1 heterocycles. The second kappa shape index (κ2) is 6.53. The minimum Gasteiger partial charge on any atom is -0.494 e. The maximum atomic E-state index is 12.3. The lowest BCUT2D eigenvalue weighted by Crippen LogP contribution is -2.11. The summed E-state index contributed by atoms with van der Waals surface area (Å²) >= 11 is 0. The van der Waals surface area contributed by atoms with Crippen LogP contribution in [0.1, 0.15) is 55.4 Å². The first-order chi connectivity index (χ1) is 8.81. The van der Waals surface area contributed by atoms with E-state index in [-0.39, 0.29) is 5.78 Å². The van der Waals surface area contributed by atoms with Crippen LogP contribution in [0, 0.1) is 5.92 Å². The van der Waals surface area contributed by atoms with Crippen LogP contribution in [-0.2, 0) is 0 Å². The van der Waals surface area contributed by atoms with Crippen molar-refractivity contribution in [1.29, 1.82) is 0 Å².